The number of fused-ring (bicyclic) bond motifs is 3. The van der Waals surface area contributed by atoms with Gasteiger partial charge >= 0.3 is 0 Å². The highest BCUT2D eigenvalue weighted by Crippen LogP contribution is 2.50. The Morgan fingerprint density at radius 1 is 0.667 bits per heavy atom. The summed E-state index contributed by atoms with van der Waals surface area (Å²) in [6.45, 7) is 15.8. The summed E-state index contributed by atoms with van der Waals surface area (Å²) in [5.74, 6) is -8.21. The number of likely N-dealkylation sites (N-methyl/N-ethyl adjacent to an activating group) is 7. The second kappa shape index (κ2) is 37.7. The second-order valence-corrected chi connectivity index (χ2v) is 32.5. The predicted molar refractivity (Wildman–Crippen MR) is 389 cm³/mol. The zero-order valence-electron chi connectivity index (χ0n) is 64.0. The van der Waals surface area contributed by atoms with Gasteiger partial charge in [0.25, 0.3) is 0 Å². The molecule has 3 heterocycles. The molecule has 2 bridgehead atoms. The van der Waals surface area contributed by atoms with Crippen LogP contribution >= 0.6 is 23.2 Å². The summed E-state index contributed by atoms with van der Waals surface area (Å²) >= 11 is 13.3. The van der Waals surface area contributed by atoms with Crippen molar-refractivity contribution < 1.29 is 67.0 Å². The first kappa shape index (κ1) is 84.8. The van der Waals surface area contributed by atoms with Gasteiger partial charge in [-0.05, 0) is 113 Å². The van der Waals surface area contributed by atoms with Crippen molar-refractivity contribution in [3.63, 3.8) is 0 Å². The van der Waals surface area contributed by atoms with Gasteiger partial charge in [0.15, 0.2) is 0 Å². The molecule has 0 radical (unpaired) electrons. The Morgan fingerprint density at radius 3 is 1.89 bits per heavy atom. The zero-order chi connectivity index (χ0) is 76.0. The highest BCUT2D eigenvalue weighted by molar-refractivity contribution is 6.30. The Labute approximate surface area is 616 Å². The minimum absolute atomic E-state index is 0.0303. The highest BCUT2D eigenvalue weighted by Gasteiger charge is 2.59. The van der Waals surface area contributed by atoms with E-state index in [9.17, 15) is 28.8 Å². The monoisotopic (exact) mass is 1470 g/mol. The molecule has 2 saturated heterocycles. The summed E-state index contributed by atoms with van der Waals surface area (Å²) in [7, 11) is 11.3. The third-order valence-corrected chi connectivity index (χ3v) is 23.9. The van der Waals surface area contributed by atoms with Crippen molar-refractivity contribution in [1.29, 1.82) is 0 Å². The number of methoxy groups -OCH3 is 1. The van der Waals surface area contributed by atoms with Gasteiger partial charge < -0.3 is 69.9 Å². The standard InChI is InChI=1S/C74H122Cl2N12O14/c1-18-46(7)62-70(98)82(12)40-61(91)83(13)54-24-22-21-23-33-87(69(54)97)57(35-48-27-25-45(6)26-28-48)68(96)81(11)39-59(89)78-53(32-30-47-29-31-51(75)52(76)34-47)67(95)88-38-50(102-44(4)5)36-56(88)66(94)80-74(42-73(8,9)43-74)72(100)86(16)63(49(19-2)20-3)71(99)85(15)55(64(92)77-10)37-60(90)84(14)58(41-101-17)65(93)79-62/h21-22,44-58,62-63H,18-20,23-43H2,1-17H3,(H,77,92)(H,78,89)(H,79,93)(H,80,94)/b22-21-/t45?,46-,47?,48?,50+,51?,52?,53-,54-,55-,56-,57-,58-,62-,63-/m0/s1. The highest BCUT2D eigenvalue weighted by atomic mass is 35.5. The average molecular weight is 1470 g/mol. The number of alkyl halides is 2. The molecule has 26 nitrogen and oxygen atoms in total. The molecule has 576 valence electrons. The summed E-state index contributed by atoms with van der Waals surface area (Å²) in [6, 6.07) is -10.0. The Morgan fingerprint density at radius 2 is 1.30 bits per heavy atom. The Hall–Kier alpha value is -6.12. The van der Waals surface area contributed by atoms with Gasteiger partial charge in [0.05, 0.1) is 43.7 Å². The van der Waals surface area contributed by atoms with E-state index in [1.165, 1.54) is 85.8 Å². The summed E-state index contributed by atoms with van der Waals surface area (Å²) in [4.78, 5) is 191. The van der Waals surface area contributed by atoms with Crippen LogP contribution < -0.4 is 21.3 Å². The largest absolute Gasteiger partial charge is 0.382 e. The molecule has 102 heavy (non-hydrogen) atoms. The van der Waals surface area contributed by atoms with Crippen molar-refractivity contribution in [2.24, 2.45) is 35.0 Å². The van der Waals surface area contributed by atoms with E-state index in [1.807, 2.05) is 60.6 Å². The molecule has 3 aliphatic heterocycles. The van der Waals surface area contributed by atoms with Crippen LogP contribution in [0.1, 0.15) is 184 Å². The van der Waals surface area contributed by atoms with Crippen LogP contribution in [0.4, 0.5) is 0 Å². The number of hydrogen-bond acceptors (Lipinski definition) is 14. The molecule has 0 aromatic heterocycles. The van der Waals surface area contributed by atoms with Crippen LogP contribution in [0.2, 0.25) is 0 Å². The first-order valence-electron chi connectivity index (χ1n) is 37.4. The lowest BCUT2D eigenvalue weighted by molar-refractivity contribution is -0.161. The molecule has 0 aromatic carbocycles. The first-order valence-corrected chi connectivity index (χ1v) is 38.2. The van der Waals surface area contributed by atoms with Crippen LogP contribution in [0.15, 0.2) is 12.2 Å². The molecule has 6 aliphatic rings. The van der Waals surface area contributed by atoms with Gasteiger partial charge in [-0.15, -0.1) is 23.2 Å². The van der Waals surface area contributed by atoms with E-state index in [0.717, 1.165) is 41.9 Å². The van der Waals surface area contributed by atoms with Crippen LogP contribution in [0, 0.1) is 35.0 Å². The van der Waals surface area contributed by atoms with Gasteiger partial charge in [0.1, 0.15) is 53.9 Å². The average Bonchev–Trinajstić information content (AvgIpc) is 0.846. The van der Waals surface area contributed by atoms with Gasteiger partial charge in [0.2, 0.25) is 70.9 Å². The molecule has 3 aliphatic carbocycles. The predicted octanol–water partition coefficient (Wildman–Crippen LogP) is 5.09. The Bertz CT molecular complexity index is 2990. The van der Waals surface area contributed by atoms with Crippen molar-refractivity contribution >= 4 is 94.1 Å². The summed E-state index contributed by atoms with van der Waals surface area (Å²) in [6.07, 6.45) is 10.3. The lowest BCUT2D eigenvalue weighted by Gasteiger charge is -2.54. The van der Waals surface area contributed by atoms with Crippen LogP contribution in [-0.2, 0) is 67.0 Å². The van der Waals surface area contributed by atoms with Crippen LogP contribution in [-0.4, -0.2) is 276 Å². The molecule has 12 amide bonds. The molecule has 1 spiro atoms. The lowest BCUT2D eigenvalue weighted by Crippen LogP contribution is -2.71. The van der Waals surface area contributed by atoms with Crippen molar-refractivity contribution in [2.45, 2.75) is 261 Å². The summed E-state index contributed by atoms with van der Waals surface area (Å²) in [5, 5.41) is 11.0. The molecule has 3 unspecified atom stereocenters. The zero-order valence-corrected chi connectivity index (χ0v) is 65.5. The topological polar surface area (TPSA) is 297 Å². The fourth-order valence-corrected chi connectivity index (χ4v) is 17.0. The van der Waals surface area contributed by atoms with E-state index >= 15 is 28.8 Å². The maximum atomic E-state index is 15.7. The fourth-order valence-electron chi connectivity index (χ4n) is 16.4. The molecule has 5 fully saturated rings. The van der Waals surface area contributed by atoms with E-state index in [4.69, 9.17) is 32.7 Å². The van der Waals surface area contributed by atoms with Crippen molar-refractivity contribution in [3.05, 3.63) is 12.2 Å². The minimum atomic E-state index is -1.61. The third-order valence-electron chi connectivity index (χ3n) is 22.8. The molecule has 28 heteroatoms. The Kier molecular flexibility index (Phi) is 31.4. The van der Waals surface area contributed by atoms with Crippen LogP contribution in [0.3, 0.4) is 0 Å². The fraction of sp³-hybridized carbons (Fsp3) is 0.811. The number of nitrogens with zero attached hydrogens (tertiary/aromatic N) is 8. The number of nitrogens with one attached hydrogen (secondary N) is 4. The SMILES string of the molecule is CCC(CC)[C@H]1C(=O)N(C)[C@H](C(=O)NC)CC(=O)N(C)[C@@H](COC)C(=O)N[C@@H]([C@@H](C)CC)C(=O)N(C)CC(=O)N(C)[C@H]2C/C=C\CCN(C2=O)[C@@H](CC2CCC(C)CC2)C(=O)N(C)CC(=O)N[C@@H](CCC2CCC(Cl)C(Cl)C2)C(=O)N2C[C@H](OC(C)C)C[C@H]2C(=O)NC2(CC(C)(C)C2)C(=O)N1C. The first-order chi connectivity index (χ1) is 48.0. The van der Waals surface area contributed by atoms with E-state index in [0.29, 0.717) is 50.9 Å². The number of carbonyl (C=O) groups is 12. The normalized spacial score (nSPS) is 31.7. The number of rotatable bonds is 15. The van der Waals surface area contributed by atoms with Gasteiger partial charge in [-0.3, -0.25) is 57.5 Å². The van der Waals surface area contributed by atoms with Gasteiger partial charge in [-0.1, -0.05) is 106 Å². The number of halogens is 2. The molecule has 4 N–H and O–H groups in total. The lowest BCUT2D eigenvalue weighted by atomic mass is 9.58. The van der Waals surface area contributed by atoms with Crippen LogP contribution in [0.25, 0.3) is 0 Å². The van der Waals surface area contributed by atoms with Crippen molar-refractivity contribution in [3.8, 4) is 0 Å². The molecule has 0 aromatic rings. The maximum Gasteiger partial charge on any atom is 0.248 e. The molecular weight excluding hydrogens is 1350 g/mol. The number of hydrogen-bond donors (Lipinski definition) is 4. The third kappa shape index (κ3) is 21.1. The number of ether oxygens (including phenoxy) is 2. The van der Waals surface area contributed by atoms with E-state index < -0.39 is 168 Å². The minimum Gasteiger partial charge on any atom is -0.382 e. The van der Waals surface area contributed by atoms with E-state index in [2.05, 4.69) is 28.2 Å². The number of carbonyl (C=O) groups excluding carboxylic acids is 12. The molecule has 13 atom stereocenters. The van der Waals surface area contributed by atoms with Crippen molar-refractivity contribution in [1.82, 2.24) is 60.5 Å². The van der Waals surface area contributed by atoms with E-state index in [1.54, 1.807) is 6.92 Å². The molecular formula is C74H122Cl2N12O14. The van der Waals surface area contributed by atoms with Crippen molar-refractivity contribution in [2.75, 3.05) is 89.2 Å². The summed E-state index contributed by atoms with van der Waals surface area (Å²) < 4.78 is 11.9. The molecule has 3 saturated carbocycles. The van der Waals surface area contributed by atoms with E-state index in [-0.39, 0.29) is 86.9 Å². The molecule has 6 rings (SSSR count). The Balaban J connectivity index is 1.48. The van der Waals surface area contributed by atoms with Gasteiger partial charge in [-0.25, -0.2) is 0 Å². The smallest absolute Gasteiger partial charge is 0.248 e. The summed E-state index contributed by atoms with van der Waals surface area (Å²) in [5.41, 5.74) is -2.10. The van der Waals surface area contributed by atoms with Crippen LogP contribution in [0.5, 0.6) is 0 Å². The quantitative estimate of drug-likeness (QED) is 0.123. The second-order valence-electron chi connectivity index (χ2n) is 31.4. The van der Waals surface area contributed by atoms with Gasteiger partial charge in [0, 0.05) is 81.3 Å². The maximum absolute atomic E-state index is 15.7. The number of amides is 12. The van der Waals surface area contributed by atoms with Gasteiger partial charge in [-0.2, -0.15) is 0 Å².